The van der Waals surface area contributed by atoms with Gasteiger partial charge in [-0.25, -0.2) is 0 Å². The molecule has 2 aliphatic heterocycles. The Kier molecular flexibility index (Phi) is 13.7. The van der Waals surface area contributed by atoms with Crippen molar-refractivity contribution in [3.05, 3.63) is 0 Å². The second kappa shape index (κ2) is 14.9. The summed E-state index contributed by atoms with van der Waals surface area (Å²) in [4.78, 5) is 10.1. The van der Waals surface area contributed by atoms with Crippen LogP contribution < -0.4 is 10.6 Å². The van der Waals surface area contributed by atoms with E-state index in [1.807, 2.05) is 0 Å². The van der Waals surface area contributed by atoms with Crippen LogP contribution in [0.15, 0.2) is 4.99 Å². The van der Waals surface area contributed by atoms with Crippen molar-refractivity contribution < 1.29 is 0 Å². The molecule has 160 valence electrons. The van der Waals surface area contributed by atoms with Crippen LogP contribution in [0.5, 0.6) is 0 Å². The Morgan fingerprint density at radius 2 is 1.78 bits per heavy atom. The fourth-order valence-electron chi connectivity index (χ4n) is 4.25. The van der Waals surface area contributed by atoms with Gasteiger partial charge in [-0.2, -0.15) is 0 Å². The van der Waals surface area contributed by atoms with Crippen molar-refractivity contribution >= 4 is 29.9 Å². The highest BCUT2D eigenvalue weighted by atomic mass is 127. The number of hydrogen-bond acceptors (Lipinski definition) is 3. The molecule has 0 spiro atoms. The number of hydrogen-bond donors (Lipinski definition) is 2. The molecule has 2 aliphatic rings. The van der Waals surface area contributed by atoms with Gasteiger partial charge in [0.25, 0.3) is 0 Å². The molecule has 0 saturated carbocycles. The molecule has 0 aromatic carbocycles. The first-order valence-corrected chi connectivity index (χ1v) is 11.2. The number of likely N-dealkylation sites (tertiary alicyclic amines) is 2. The van der Waals surface area contributed by atoms with Crippen molar-refractivity contribution in [2.45, 2.75) is 71.8 Å². The summed E-state index contributed by atoms with van der Waals surface area (Å²) in [6, 6.07) is 0.768. The van der Waals surface area contributed by atoms with Gasteiger partial charge in [0.2, 0.25) is 0 Å². The van der Waals surface area contributed by atoms with E-state index in [0.29, 0.717) is 0 Å². The monoisotopic (exact) mass is 493 g/mol. The number of halogens is 1. The summed E-state index contributed by atoms with van der Waals surface area (Å²) in [6.07, 6.45) is 9.22. The van der Waals surface area contributed by atoms with Gasteiger partial charge in [0, 0.05) is 32.2 Å². The Hall–Kier alpha value is -0.0800. The second-order valence-corrected chi connectivity index (χ2v) is 8.17. The summed E-state index contributed by atoms with van der Waals surface area (Å²) in [6.45, 7) is 16.0. The molecule has 2 fully saturated rings. The van der Waals surface area contributed by atoms with Crippen molar-refractivity contribution in [3.8, 4) is 0 Å². The number of aliphatic imine (C=N–C) groups is 1. The van der Waals surface area contributed by atoms with Crippen LogP contribution >= 0.6 is 24.0 Å². The van der Waals surface area contributed by atoms with Crippen LogP contribution in [0.3, 0.4) is 0 Å². The van der Waals surface area contributed by atoms with E-state index in [1.54, 1.807) is 0 Å². The van der Waals surface area contributed by atoms with Crippen LogP contribution in [0.2, 0.25) is 0 Å². The maximum atomic E-state index is 4.87. The van der Waals surface area contributed by atoms with E-state index >= 15 is 0 Å². The number of piperidine rings is 2. The topological polar surface area (TPSA) is 42.9 Å². The van der Waals surface area contributed by atoms with Gasteiger partial charge >= 0.3 is 0 Å². The quantitative estimate of drug-likeness (QED) is 0.223. The van der Waals surface area contributed by atoms with Gasteiger partial charge in [-0.1, -0.05) is 13.3 Å². The van der Waals surface area contributed by atoms with Gasteiger partial charge in [-0.15, -0.1) is 24.0 Å². The molecule has 0 aromatic heterocycles. The average molecular weight is 494 g/mol. The summed E-state index contributed by atoms with van der Waals surface area (Å²) >= 11 is 0. The molecule has 2 rings (SSSR count). The summed E-state index contributed by atoms with van der Waals surface area (Å²) in [5.41, 5.74) is 0. The highest BCUT2D eigenvalue weighted by Crippen LogP contribution is 2.18. The third-order valence-electron chi connectivity index (χ3n) is 5.95. The lowest BCUT2D eigenvalue weighted by Gasteiger charge is -2.33. The minimum Gasteiger partial charge on any atom is -0.357 e. The predicted molar refractivity (Wildman–Crippen MR) is 128 cm³/mol. The van der Waals surface area contributed by atoms with Gasteiger partial charge in [0.05, 0.1) is 0 Å². The molecular weight excluding hydrogens is 449 g/mol. The molecule has 2 heterocycles. The maximum absolute atomic E-state index is 4.87. The smallest absolute Gasteiger partial charge is 0.191 e. The summed E-state index contributed by atoms with van der Waals surface area (Å²) < 4.78 is 0. The van der Waals surface area contributed by atoms with Crippen molar-refractivity contribution in [2.75, 3.05) is 52.4 Å². The van der Waals surface area contributed by atoms with Crippen molar-refractivity contribution in [1.29, 1.82) is 0 Å². The molecule has 0 bridgehead atoms. The molecule has 1 atom stereocenters. The molecule has 6 heteroatoms. The molecule has 1 unspecified atom stereocenters. The lowest BCUT2D eigenvalue weighted by atomic mass is 9.97. The minimum absolute atomic E-state index is 0. The van der Waals surface area contributed by atoms with Crippen LogP contribution in [0.4, 0.5) is 0 Å². The van der Waals surface area contributed by atoms with E-state index in [2.05, 4.69) is 41.2 Å². The lowest BCUT2D eigenvalue weighted by Crippen LogP contribution is -2.41. The first kappa shape index (κ1) is 25.0. The van der Waals surface area contributed by atoms with E-state index < -0.39 is 0 Å². The van der Waals surface area contributed by atoms with Crippen molar-refractivity contribution in [2.24, 2.45) is 10.9 Å². The molecule has 0 radical (unpaired) electrons. The SMILES string of the molecule is CCCN1CCC(CN=C(NCC)NCCCN2CCCCC2C)CC1.I. The van der Waals surface area contributed by atoms with Crippen molar-refractivity contribution in [1.82, 2.24) is 20.4 Å². The van der Waals surface area contributed by atoms with Crippen LogP contribution in [0, 0.1) is 5.92 Å². The summed E-state index contributed by atoms with van der Waals surface area (Å²) in [5.74, 6) is 1.77. The fraction of sp³-hybridized carbons (Fsp3) is 0.952. The highest BCUT2D eigenvalue weighted by Gasteiger charge is 2.19. The van der Waals surface area contributed by atoms with E-state index in [1.165, 1.54) is 77.7 Å². The molecule has 27 heavy (non-hydrogen) atoms. The van der Waals surface area contributed by atoms with Crippen LogP contribution in [-0.4, -0.2) is 74.2 Å². The maximum Gasteiger partial charge on any atom is 0.191 e. The number of nitrogens with zero attached hydrogens (tertiary/aromatic N) is 3. The zero-order valence-electron chi connectivity index (χ0n) is 18.0. The minimum atomic E-state index is 0. The second-order valence-electron chi connectivity index (χ2n) is 8.17. The normalized spacial score (nSPS) is 23.1. The predicted octanol–water partition coefficient (Wildman–Crippen LogP) is 3.55. The molecule has 0 aromatic rings. The Bertz CT molecular complexity index is 396. The van der Waals surface area contributed by atoms with E-state index in [0.717, 1.165) is 37.6 Å². The van der Waals surface area contributed by atoms with Gasteiger partial charge in [-0.3, -0.25) is 4.99 Å². The Balaban J connectivity index is 0.00000364. The lowest BCUT2D eigenvalue weighted by molar-refractivity contribution is 0.159. The first-order chi connectivity index (χ1) is 12.7. The molecule has 0 aliphatic carbocycles. The molecule has 0 amide bonds. The Labute approximate surface area is 185 Å². The van der Waals surface area contributed by atoms with Gasteiger partial charge < -0.3 is 20.4 Å². The zero-order chi connectivity index (χ0) is 18.6. The summed E-state index contributed by atoms with van der Waals surface area (Å²) in [5, 5.41) is 6.96. The van der Waals surface area contributed by atoms with Gasteiger partial charge in [0.15, 0.2) is 5.96 Å². The molecule has 2 saturated heterocycles. The van der Waals surface area contributed by atoms with E-state index in [-0.39, 0.29) is 24.0 Å². The van der Waals surface area contributed by atoms with E-state index in [4.69, 9.17) is 4.99 Å². The van der Waals surface area contributed by atoms with E-state index in [9.17, 15) is 0 Å². The largest absolute Gasteiger partial charge is 0.357 e. The number of nitrogens with one attached hydrogen (secondary N) is 2. The van der Waals surface area contributed by atoms with Crippen molar-refractivity contribution in [3.63, 3.8) is 0 Å². The third kappa shape index (κ3) is 9.79. The number of guanidine groups is 1. The summed E-state index contributed by atoms with van der Waals surface area (Å²) in [7, 11) is 0. The zero-order valence-corrected chi connectivity index (χ0v) is 20.3. The fourth-order valence-corrected chi connectivity index (χ4v) is 4.25. The van der Waals surface area contributed by atoms with Crippen LogP contribution in [0.1, 0.15) is 65.7 Å². The Morgan fingerprint density at radius 3 is 2.44 bits per heavy atom. The molecule has 5 nitrogen and oxygen atoms in total. The molecule has 2 N–H and O–H groups in total. The molecular formula is C21H44IN5. The van der Waals surface area contributed by atoms with Crippen LogP contribution in [-0.2, 0) is 0 Å². The standard InChI is InChI=1S/C21H43N5.HI/c1-4-13-25-16-10-20(11-17-25)18-24-21(22-5-2)23-12-8-15-26-14-7-6-9-19(26)3;/h19-20H,4-18H2,1-3H3,(H2,22,23,24);1H. The third-order valence-corrected chi connectivity index (χ3v) is 5.95. The Morgan fingerprint density at radius 1 is 1.00 bits per heavy atom. The van der Waals surface area contributed by atoms with Gasteiger partial charge in [0.1, 0.15) is 0 Å². The van der Waals surface area contributed by atoms with Gasteiger partial charge in [-0.05, 0) is 84.5 Å². The number of rotatable bonds is 9. The highest BCUT2D eigenvalue weighted by molar-refractivity contribution is 14.0. The van der Waals surface area contributed by atoms with Crippen LogP contribution in [0.25, 0.3) is 0 Å². The first-order valence-electron chi connectivity index (χ1n) is 11.2. The average Bonchev–Trinajstić information content (AvgIpc) is 2.66.